The van der Waals surface area contributed by atoms with Gasteiger partial charge >= 0.3 is 6.18 Å². The van der Waals surface area contributed by atoms with Crippen LogP contribution >= 0.6 is 271 Å². The van der Waals surface area contributed by atoms with E-state index in [0.717, 1.165) is 30.3 Å². The Morgan fingerprint density at radius 1 is 0.204 bits per heavy atom. The zero-order chi connectivity index (χ0) is 66.3. The van der Waals surface area contributed by atoms with E-state index in [2.05, 4.69) is 477 Å². The first-order valence-electron chi connectivity index (χ1n) is 27.4. The van der Waals surface area contributed by atoms with Gasteiger partial charge in [0.1, 0.15) is 5.82 Å². The molecule has 0 aromatic heterocycles. The number of hydrogen-bond acceptors (Lipinski definition) is 0. The van der Waals surface area contributed by atoms with Gasteiger partial charge in [0, 0.05) is 67.1 Å². The van der Waals surface area contributed by atoms with E-state index in [4.69, 9.17) is 0 Å². The van der Waals surface area contributed by atoms with Crippen LogP contribution in [0.5, 0.6) is 0 Å². The molecule has 470 valence electrons. The summed E-state index contributed by atoms with van der Waals surface area (Å²) in [5.74, 6) is -0.197. The van der Waals surface area contributed by atoms with Crippen molar-refractivity contribution >= 4 is 315 Å². The predicted octanol–water partition coefficient (Wildman–Crippen LogP) is 27.5. The Balaban J connectivity index is 0.000000147. The highest BCUT2D eigenvalue weighted by Gasteiger charge is 2.35. The Morgan fingerprint density at radius 2 is 0.398 bits per heavy atom. The molecule has 12 rings (SSSR count). The van der Waals surface area contributed by atoms with Crippen LogP contribution in [0.1, 0.15) is 5.56 Å². The molecule has 0 nitrogen and oxygen atoms in total. The molecule has 20 heteroatoms. The van der Waals surface area contributed by atoms with Gasteiger partial charge in [0.15, 0.2) is 58.7 Å². The molecule has 0 N–H and O–H groups in total. The molecule has 0 bridgehead atoms. The van der Waals surface area contributed by atoms with Gasteiger partial charge in [-0.1, -0.05) is 36.4 Å². The summed E-state index contributed by atoms with van der Waals surface area (Å²) in [6.45, 7) is 0. The highest BCUT2D eigenvalue weighted by Crippen LogP contribution is 2.39. The van der Waals surface area contributed by atoms with Gasteiger partial charge in [-0.15, -0.1) is 0 Å². The molecule has 93 heavy (non-hydrogen) atoms. The van der Waals surface area contributed by atoms with Gasteiger partial charge < -0.3 is 0 Å². The summed E-state index contributed by atoms with van der Waals surface area (Å²) in [6.07, 6.45) is -4.32. The lowest BCUT2D eigenvalue weighted by Crippen LogP contribution is -2.08. The fourth-order valence-corrected chi connectivity index (χ4v) is 22.8. The number of hydrogen-bond donors (Lipinski definition) is 0. The van der Waals surface area contributed by atoms with Crippen molar-refractivity contribution in [1.29, 1.82) is 0 Å². The highest BCUT2D eigenvalue weighted by atomic mass is 127. The fraction of sp³-hybridized carbons (Fsp3) is 0.0137. The van der Waals surface area contributed by atoms with Gasteiger partial charge in [-0.05, 0) is 489 Å². The Bertz CT molecular complexity index is 4230. The molecule has 12 aromatic rings. The second-order valence-corrected chi connectivity index (χ2v) is 41.8. The normalized spacial score (nSPS) is 12.3. The molecule has 4 atom stereocenters. The lowest BCUT2D eigenvalue weighted by Gasteiger charge is -2.11. The minimum Gasteiger partial charge on any atom is -0.207 e. The molecule has 0 radical (unpaired) electrons. The minimum absolute atomic E-state index is 0.0529. The summed E-state index contributed by atoms with van der Waals surface area (Å²) in [5.41, 5.74) is -0.621. The molecule has 0 aliphatic heterocycles. The molecule has 0 saturated heterocycles. The first kappa shape index (κ1) is 77.7. The molecule has 0 aliphatic rings. The Morgan fingerprint density at radius 3 is 0.613 bits per heavy atom. The third-order valence-corrected chi connectivity index (χ3v) is 36.3. The van der Waals surface area contributed by atoms with Crippen LogP contribution < -0.4 is 0 Å². The van der Waals surface area contributed by atoms with Crippen LogP contribution in [0.3, 0.4) is 0 Å². The molecular formula is C73H46F4I12S4+4. The van der Waals surface area contributed by atoms with Gasteiger partial charge in [-0.25, -0.2) is 4.39 Å². The monoisotopic (exact) mass is 2650 g/mol. The highest BCUT2D eigenvalue weighted by molar-refractivity contribution is 14.1. The number of benzene rings is 12. The predicted molar refractivity (Wildman–Crippen MR) is 484 cm³/mol. The van der Waals surface area contributed by atoms with Gasteiger partial charge in [0.2, 0.25) is 0 Å². The fourth-order valence-electron chi connectivity index (χ4n) is 8.79. The number of alkyl halides is 3. The second kappa shape index (κ2) is 38.2. The zero-order valence-corrected chi connectivity index (χ0v) is 76.9. The Hall–Kier alpha value is 0.520. The van der Waals surface area contributed by atoms with E-state index in [1.165, 1.54) is 83.4 Å². The summed E-state index contributed by atoms with van der Waals surface area (Å²) in [5, 5.41) is 0. The average Bonchev–Trinajstić information content (AvgIpc) is 0.920. The van der Waals surface area contributed by atoms with Crippen LogP contribution in [-0.2, 0) is 49.8 Å². The van der Waals surface area contributed by atoms with Crippen LogP contribution in [0.4, 0.5) is 17.6 Å². The van der Waals surface area contributed by atoms with E-state index in [1.54, 1.807) is 24.3 Å². The van der Waals surface area contributed by atoms with Gasteiger partial charge in [-0.3, -0.25) is 0 Å². The first-order chi connectivity index (χ1) is 44.6. The Labute approximate surface area is 717 Å². The van der Waals surface area contributed by atoms with E-state index < -0.39 is 22.6 Å². The first-order valence-corrected chi connectivity index (χ1v) is 45.3. The maximum atomic E-state index is 13.3. The SMILES string of the molecule is FC(F)(F)c1ccc([S+](c2ccc(I)cc2)c2ccc(I)c(I)c2)cc1.Fc1ccc([S+](c2ccc(I)cc2)c2ccc(I)c(I)c2)cc1.Ic1ccc([S+](c2ccccc2)c2ccc(I)c(I)c2)cc1.Ic1ccc([S+](c2ccccc2)c2ccc(I)c(I)c2)cc1. The summed E-state index contributed by atoms with van der Waals surface area (Å²) in [4.78, 5) is 14.9. The van der Waals surface area contributed by atoms with Crippen LogP contribution in [-0.4, -0.2) is 0 Å². The van der Waals surface area contributed by atoms with Crippen molar-refractivity contribution in [3.8, 4) is 0 Å². The topological polar surface area (TPSA) is 0 Å². The van der Waals surface area contributed by atoms with E-state index >= 15 is 0 Å². The van der Waals surface area contributed by atoms with Crippen molar-refractivity contribution in [2.45, 2.75) is 64.9 Å². The summed E-state index contributed by atoms with van der Waals surface area (Å²) >= 11 is 28.2. The molecule has 0 fully saturated rings. The van der Waals surface area contributed by atoms with Crippen LogP contribution in [0, 0.1) is 48.7 Å². The van der Waals surface area contributed by atoms with Crippen molar-refractivity contribution in [2.24, 2.45) is 0 Å². The standard InChI is InChI=1S/C19H11F3I3S.C18H11FI3S.2C18H12I3S/c20-19(21,22)12-1-5-14(6-2-12)26(15-7-3-13(23)4-8-15)16-9-10-17(24)18(25)11-16;19-12-1-5-14(6-2-12)23(15-7-3-13(20)4-8-15)16-9-10-17(21)18(22)11-16;2*19-13-6-8-15(9-7-13)22(14-4-2-1-3-5-14)16-10-11-17(20)18(21)12-16/h1-11H;1-11H;2*1-12H/q4*+1. The summed E-state index contributed by atoms with van der Waals surface area (Å²) in [7, 11) is -0.789. The minimum atomic E-state index is -4.32. The zero-order valence-electron chi connectivity index (χ0n) is 47.7. The smallest absolute Gasteiger partial charge is 0.207 e. The summed E-state index contributed by atoms with van der Waals surface area (Å²) < 4.78 is 67.0. The molecular weight excluding hydrogens is 2600 g/mol. The van der Waals surface area contributed by atoms with Crippen molar-refractivity contribution < 1.29 is 17.6 Å². The third kappa shape index (κ3) is 22.8. The number of halogens is 16. The number of rotatable bonds is 12. The molecule has 0 spiro atoms. The lowest BCUT2D eigenvalue weighted by molar-refractivity contribution is -0.137. The lowest BCUT2D eigenvalue weighted by atomic mass is 10.2. The quantitative estimate of drug-likeness (QED) is 0.0650. The molecule has 0 aliphatic carbocycles. The van der Waals surface area contributed by atoms with Crippen molar-refractivity contribution in [1.82, 2.24) is 0 Å². The van der Waals surface area contributed by atoms with E-state index in [-0.39, 0.29) is 38.5 Å². The van der Waals surface area contributed by atoms with E-state index in [1.807, 2.05) is 36.4 Å². The van der Waals surface area contributed by atoms with Gasteiger partial charge in [0.05, 0.1) is 49.1 Å². The van der Waals surface area contributed by atoms with Crippen LogP contribution in [0.25, 0.3) is 0 Å². The molecule has 0 saturated carbocycles. The van der Waals surface area contributed by atoms with Gasteiger partial charge in [-0.2, -0.15) is 13.2 Å². The van der Waals surface area contributed by atoms with Crippen molar-refractivity contribution in [3.63, 3.8) is 0 Å². The van der Waals surface area contributed by atoms with Crippen molar-refractivity contribution in [2.75, 3.05) is 0 Å². The third-order valence-electron chi connectivity index (χ3n) is 13.1. The molecule has 0 heterocycles. The van der Waals surface area contributed by atoms with E-state index in [9.17, 15) is 17.6 Å². The maximum Gasteiger partial charge on any atom is 0.416 e. The van der Waals surface area contributed by atoms with Crippen molar-refractivity contribution in [3.05, 3.63) is 333 Å². The second-order valence-electron chi connectivity index (χ2n) is 19.4. The molecule has 12 aromatic carbocycles. The van der Waals surface area contributed by atoms with Crippen LogP contribution in [0.15, 0.2) is 338 Å². The van der Waals surface area contributed by atoms with Crippen LogP contribution in [0.2, 0.25) is 0 Å². The average molecular weight is 2650 g/mol. The van der Waals surface area contributed by atoms with Gasteiger partial charge in [0.25, 0.3) is 0 Å². The Kier molecular flexibility index (Phi) is 31.9. The molecule has 4 unspecified atom stereocenters. The summed E-state index contributed by atoms with van der Waals surface area (Å²) in [6, 6.07) is 94.8. The maximum absolute atomic E-state index is 13.3. The molecule has 0 amide bonds. The largest absolute Gasteiger partial charge is 0.416 e. The van der Waals surface area contributed by atoms with E-state index in [0.29, 0.717) is 0 Å².